The van der Waals surface area contributed by atoms with E-state index in [1.807, 2.05) is 17.5 Å². The lowest BCUT2D eigenvalue weighted by Crippen LogP contribution is -2.40. The molecule has 11 heteroatoms. The van der Waals surface area contributed by atoms with Crippen LogP contribution < -0.4 is 14.8 Å². The number of methoxy groups -OCH3 is 1. The van der Waals surface area contributed by atoms with Gasteiger partial charge in [-0.1, -0.05) is 6.42 Å². The van der Waals surface area contributed by atoms with E-state index in [2.05, 4.69) is 10.3 Å². The highest BCUT2D eigenvalue weighted by Crippen LogP contribution is 2.35. The third kappa shape index (κ3) is 6.92. The van der Waals surface area contributed by atoms with Crippen LogP contribution in [0.5, 0.6) is 11.5 Å². The lowest BCUT2D eigenvalue weighted by atomic mass is 9.83. The summed E-state index contributed by atoms with van der Waals surface area (Å²) in [4.78, 5) is 36.0. The first-order chi connectivity index (χ1) is 19.0. The van der Waals surface area contributed by atoms with E-state index in [1.165, 1.54) is 29.8 Å². The Labute approximate surface area is 230 Å². The molecule has 2 aromatic heterocycles. The molecule has 1 atom stereocenters. The fraction of sp³-hybridized carbons (Fsp3) is 0.429. The van der Waals surface area contributed by atoms with E-state index in [-0.39, 0.29) is 25.0 Å². The van der Waals surface area contributed by atoms with E-state index >= 15 is 0 Å². The van der Waals surface area contributed by atoms with Crippen LogP contribution in [0.4, 0.5) is 5.69 Å². The molecule has 1 saturated carbocycles. The van der Waals surface area contributed by atoms with Crippen molar-refractivity contribution in [3.63, 3.8) is 0 Å². The minimum absolute atomic E-state index is 0.00663. The topological polar surface area (TPSA) is 123 Å². The second-order valence-electron chi connectivity index (χ2n) is 9.72. The quantitative estimate of drug-likeness (QED) is 0.363. The summed E-state index contributed by atoms with van der Waals surface area (Å²) in [7, 11) is 1.52. The number of thiophene rings is 1. The van der Waals surface area contributed by atoms with Crippen molar-refractivity contribution < 1.29 is 28.9 Å². The molecule has 1 aliphatic heterocycles. The first-order valence-electron chi connectivity index (χ1n) is 13.1. The number of anilines is 1. The summed E-state index contributed by atoms with van der Waals surface area (Å²) in [5.41, 5.74) is 2.85. The molecule has 0 radical (unpaired) electrons. The molecule has 3 aromatic rings. The number of hydrogen-bond donors (Lipinski definition) is 2. The number of ether oxygens (including phenoxy) is 3. The Morgan fingerprint density at radius 3 is 2.87 bits per heavy atom. The lowest BCUT2D eigenvalue weighted by molar-refractivity contribution is -0.138. The molecule has 2 amide bonds. The predicted octanol–water partition coefficient (Wildman–Crippen LogP) is 3.96. The maximum Gasteiger partial charge on any atom is 0.248 e. The van der Waals surface area contributed by atoms with Gasteiger partial charge < -0.3 is 29.5 Å². The van der Waals surface area contributed by atoms with Crippen molar-refractivity contribution in [2.24, 2.45) is 5.92 Å². The normalized spacial score (nSPS) is 16.8. The fourth-order valence-electron chi connectivity index (χ4n) is 4.55. The number of nitrogens with zero attached hydrogens (tertiary/aromatic N) is 3. The molecule has 2 N–H and O–H groups in total. The van der Waals surface area contributed by atoms with Crippen molar-refractivity contribution in [2.45, 2.75) is 38.4 Å². The Morgan fingerprint density at radius 2 is 2.08 bits per heavy atom. The molecule has 5 rings (SSSR count). The molecule has 1 aromatic carbocycles. The molecular formula is C28H32N4O6S. The van der Waals surface area contributed by atoms with Gasteiger partial charge in [-0.25, -0.2) is 4.98 Å². The van der Waals surface area contributed by atoms with Crippen LogP contribution in [0.15, 0.2) is 42.0 Å². The molecule has 3 heterocycles. The van der Waals surface area contributed by atoms with Gasteiger partial charge in [0.1, 0.15) is 6.61 Å². The first kappa shape index (κ1) is 27.0. The number of aliphatic hydroxyl groups excluding tert-OH is 1. The van der Waals surface area contributed by atoms with Crippen LogP contribution in [0.3, 0.4) is 0 Å². The summed E-state index contributed by atoms with van der Waals surface area (Å²) in [5.74, 6) is 1.15. The number of rotatable bonds is 10. The Kier molecular flexibility index (Phi) is 8.70. The molecule has 39 heavy (non-hydrogen) atoms. The molecule has 0 bridgehead atoms. The summed E-state index contributed by atoms with van der Waals surface area (Å²) in [6.45, 7) is 1.06. The standard InChI is InChI=1S/C28H32N4O6S/c1-36-24-11-19(6-7-23(24)38-28(35)15-32-8-3-9-37-16-27(32)34)21-13-29-14-22(31-21)25-12-20(17-39-25)30-26(33)10-18-4-2-5-18/h6-7,11-14,17-18,28,35H,2-5,8-10,15-16H2,1H3,(H,30,33). The smallest absolute Gasteiger partial charge is 0.248 e. The number of amides is 2. The Bertz CT molecular complexity index is 1310. The highest BCUT2D eigenvalue weighted by molar-refractivity contribution is 7.14. The summed E-state index contributed by atoms with van der Waals surface area (Å²) in [6.07, 6.45) is 6.90. The van der Waals surface area contributed by atoms with Crippen LogP contribution in [0.1, 0.15) is 32.1 Å². The molecular weight excluding hydrogens is 520 g/mol. The number of nitrogens with one attached hydrogen (secondary N) is 1. The first-order valence-corrected chi connectivity index (χ1v) is 14.0. The zero-order valence-corrected chi connectivity index (χ0v) is 22.6. The average molecular weight is 553 g/mol. The van der Waals surface area contributed by atoms with Crippen LogP contribution in [-0.4, -0.2) is 71.5 Å². The number of carbonyl (C=O) groups is 2. The monoisotopic (exact) mass is 552 g/mol. The van der Waals surface area contributed by atoms with E-state index in [1.54, 1.807) is 24.5 Å². The van der Waals surface area contributed by atoms with Crippen molar-refractivity contribution in [3.05, 3.63) is 42.0 Å². The summed E-state index contributed by atoms with van der Waals surface area (Å²) < 4.78 is 16.5. The highest BCUT2D eigenvalue weighted by atomic mass is 32.1. The zero-order chi connectivity index (χ0) is 27.2. The van der Waals surface area contributed by atoms with Gasteiger partial charge >= 0.3 is 0 Å². The number of carbonyl (C=O) groups excluding carboxylic acids is 2. The van der Waals surface area contributed by atoms with Gasteiger partial charge in [0.2, 0.25) is 18.1 Å². The molecule has 2 aliphatic rings. The molecule has 206 valence electrons. The molecule has 1 unspecified atom stereocenters. The number of benzene rings is 1. The second-order valence-corrected chi connectivity index (χ2v) is 10.6. The van der Waals surface area contributed by atoms with Gasteiger partial charge in [-0.15, -0.1) is 11.3 Å². The van der Waals surface area contributed by atoms with E-state index < -0.39 is 6.29 Å². The van der Waals surface area contributed by atoms with Gasteiger partial charge in [0.15, 0.2) is 11.5 Å². The molecule has 1 aliphatic carbocycles. The molecule has 10 nitrogen and oxygen atoms in total. The van der Waals surface area contributed by atoms with E-state index in [9.17, 15) is 14.7 Å². The highest BCUT2D eigenvalue weighted by Gasteiger charge is 2.23. The summed E-state index contributed by atoms with van der Waals surface area (Å²) in [6, 6.07) is 7.18. The maximum atomic E-state index is 12.3. The van der Waals surface area contributed by atoms with Gasteiger partial charge in [0.05, 0.1) is 48.0 Å². The van der Waals surface area contributed by atoms with Crippen molar-refractivity contribution >= 4 is 28.8 Å². The van der Waals surface area contributed by atoms with Crippen molar-refractivity contribution in [1.82, 2.24) is 14.9 Å². The largest absolute Gasteiger partial charge is 0.493 e. The van der Waals surface area contributed by atoms with Crippen LogP contribution in [0, 0.1) is 5.92 Å². The van der Waals surface area contributed by atoms with Crippen LogP contribution in [0.25, 0.3) is 21.8 Å². The number of aliphatic hydroxyl groups is 1. The second kappa shape index (κ2) is 12.5. The van der Waals surface area contributed by atoms with Crippen molar-refractivity contribution in [1.29, 1.82) is 0 Å². The Balaban J connectivity index is 1.25. The SMILES string of the molecule is COc1cc(-c2cncc(-c3cc(NC(=O)CC4CCC4)cs3)n2)ccc1OC(O)CN1CCCOCC1=O. The average Bonchev–Trinajstić information content (AvgIpc) is 3.29. The van der Waals surface area contributed by atoms with Crippen molar-refractivity contribution in [3.8, 4) is 33.3 Å². The summed E-state index contributed by atoms with van der Waals surface area (Å²) in [5, 5.41) is 15.4. The van der Waals surface area contributed by atoms with Gasteiger partial charge in [-0.3, -0.25) is 14.6 Å². The van der Waals surface area contributed by atoms with Gasteiger partial charge in [-0.2, -0.15) is 0 Å². The molecule has 0 spiro atoms. The van der Waals surface area contributed by atoms with Crippen molar-refractivity contribution in [2.75, 3.05) is 38.7 Å². The number of aromatic nitrogens is 2. The van der Waals surface area contributed by atoms with Crippen LogP contribution in [-0.2, 0) is 14.3 Å². The zero-order valence-electron chi connectivity index (χ0n) is 21.8. The lowest BCUT2D eigenvalue weighted by Gasteiger charge is -2.24. The number of hydrogen-bond acceptors (Lipinski definition) is 9. The third-order valence-corrected chi connectivity index (χ3v) is 7.82. The van der Waals surface area contributed by atoms with E-state index in [0.717, 1.165) is 29.0 Å². The van der Waals surface area contributed by atoms with Crippen LogP contribution >= 0.6 is 11.3 Å². The summed E-state index contributed by atoms with van der Waals surface area (Å²) >= 11 is 1.49. The van der Waals surface area contributed by atoms with Gasteiger partial charge in [0.25, 0.3) is 0 Å². The molecule has 1 saturated heterocycles. The third-order valence-electron chi connectivity index (χ3n) is 6.86. The maximum absolute atomic E-state index is 12.3. The minimum atomic E-state index is -1.22. The van der Waals surface area contributed by atoms with Gasteiger partial charge in [0, 0.05) is 30.5 Å². The van der Waals surface area contributed by atoms with Crippen LogP contribution in [0.2, 0.25) is 0 Å². The van der Waals surface area contributed by atoms with E-state index in [0.29, 0.717) is 54.8 Å². The fourth-order valence-corrected chi connectivity index (χ4v) is 5.35. The predicted molar refractivity (Wildman–Crippen MR) is 147 cm³/mol. The molecule has 2 fully saturated rings. The number of β-amino-alcohol motifs (C(OH)–C–C–N with tert-alkyl or cyclic N) is 1. The van der Waals surface area contributed by atoms with E-state index in [4.69, 9.17) is 19.2 Å². The Morgan fingerprint density at radius 1 is 1.23 bits per heavy atom. The van der Waals surface area contributed by atoms with Gasteiger partial charge in [-0.05, 0) is 49.4 Å². The minimum Gasteiger partial charge on any atom is -0.493 e. The Hall–Kier alpha value is -3.54.